The predicted molar refractivity (Wildman–Crippen MR) is 90.9 cm³/mol. The molecule has 0 aliphatic carbocycles. The fourth-order valence-electron chi connectivity index (χ4n) is 2.58. The number of carbonyl (C=O) groups excluding carboxylic acids is 1. The third kappa shape index (κ3) is 4.88. The number of carbonyl (C=O) groups is 1. The molecule has 0 fully saturated rings. The molecule has 0 bridgehead atoms. The summed E-state index contributed by atoms with van der Waals surface area (Å²) in [5.41, 5.74) is -0.0179. The highest BCUT2D eigenvalue weighted by molar-refractivity contribution is 6.59. The van der Waals surface area contributed by atoms with E-state index in [2.05, 4.69) is 0 Å². The lowest BCUT2D eigenvalue weighted by Crippen LogP contribution is -2.52. The molecule has 0 saturated carbocycles. The molecular weight excluding hydrogens is 312 g/mol. The zero-order valence-corrected chi connectivity index (χ0v) is 15.9. The van der Waals surface area contributed by atoms with Gasteiger partial charge in [-0.1, -0.05) is 30.3 Å². The molecule has 23 heavy (non-hydrogen) atoms. The lowest BCUT2D eigenvalue weighted by molar-refractivity contribution is -0.155. The Labute approximate surface area is 140 Å². The molecule has 5 nitrogen and oxygen atoms in total. The van der Waals surface area contributed by atoms with E-state index in [0.29, 0.717) is 13.2 Å². The molecular formula is C17H28O5Si. The van der Waals surface area contributed by atoms with Crippen molar-refractivity contribution in [3.8, 4) is 0 Å². The van der Waals surface area contributed by atoms with Crippen LogP contribution in [-0.4, -0.2) is 35.1 Å². The van der Waals surface area contributed by atoms with E-state index < -0.39 is 20.3 Å². The average molecular weight is 340 g/mol. The van der Waals surface area contributed by atoms with E-state index in [9.17, 15) is 4.79 Å². The summed E-state index contributed by atoms with van der Waals surface area (Å²) in [5, 5.41) is 0. The second-order valence-electron chi connectivity index (χ2n) is 5.55. The molecule has 0 amide bonds. The maximum atomic E-state index is 12.2. The molecule has 0 heterocycles. The van der Waals surface area contributed by atoms with E-state index in [0.717, 1.165) is 5.56 Å². The molecule has 6 heteroatoms. The van der Waals surface area contributed by atoms with Gasteiger partial charge in [0.25, 0.3) is 0 Å². The molecule has 130 valence electrons. The molecule has 0 radical (unpaired) electrons. The van der Waals surface area contributed by atoms with Crippen molar-refractivity contribution in [1.29, 1.82) is 0 Å². The zero-order chi connectivity index (χ0) is 17.5. The van der Waals surface area contributed by atoms with Crippen LogP contribution in [0.1, 0.15) is 33.3 Å². The lowest BCUT2D eigenvalue weighted by atomic mass is 9.84. The van der Waals surface area contributed by atoms with E-state index in [4.69, 9.17) is 18.0 Å². The molecule has 1 rings (SSSR count). The summed E-state index contributed by atoms with van der Waals surface area (Å²) in [4.78, 5) is 12.2. The average Bonchev–Trinajstić information content (AvgIpc) is 2.54. The van der Waals surface area contributed by atoms with Crippen molar-refractivity contribution in [2.45, 2.75) is 39.8 Å². The van der Waals surface area contributed by atoms with Gasteiger partial charge in [0.1, 0.15) is 0 Å². The molecule has 0 saturated heterocycles. The van der Waals surface area contributed by atoms with E-state index in [1.54, 1.807) is 6.92 Å². The van der Waals surface area contributed by atoms with Crippen LogP contribution >= 0.6 is 0 Å². The highest BCUT2D eigenvalue weighted by Gasteiger charge is 2.48. The van der Waals surface area contributed by atoms with Crippen LogP contribution in [0.2, 0.25) is 6.55 Å². The Hall–Kier alpha value is -1.21. The van der Waals surface area contributed by atoms with Crippen LogP contribution < -0.4 is 0 Å². The summed E-state index contributed by atoms with van der Waals surface area (Å²) in [6.45, 7) is 10.3. The number of benzene rings is 1. The zero-order valence-electron chi connectivity index (χ0n) is 14.9. The summed E-state index contributed by atoms with van der Waals surface area (Å²) in [7, 11) is -1.52. The third-order valence-electron chi connectivity index (χ3n) is 3.94. The highest BCUT2D eigenvalue weighted by Crippen LogP contribution is 2.37. The minimum absolute atomic E-state index is 0.333. The van der Waals surface area contributed by atoms with Crippen LogP contribution in [0.25, 0.3) is 0 Å². The SMILES string of the molecule is CCO[Si](C)(OCC)OC(C)(c1ccccc1)[C@@H](C)C(=O)OC. The topological polar surface area (TPSA) is 54.0 Å². The van der Waals surface area contributed by atoms with Crippen LogP contribution in [0, 0.1) is 5.92 Å². The first-order valence-electron chi connectivity index (χ1n) is 7.94. The number of ether oxygens (including phenoxy) is 1. The van der Waals surface area contributed by atoms with Gasteiger partial charge in [0, 0.05) is 19.8 Å². The van der Waals surface area contributed by atoms with Gasteiger partial charge in [0.05, 0.1) is 18.6 Å². The molecule has 1 unspecified atom stereocenters. The number of hydrogen-bond donors (Lipinski definition) is 0. The van der Waals surface area contributed by atoms with Gasteiger partial charge in [-0.25, -0.2) is 0 Å². The van der Waals surface area contributed by atoms with Gasteiger partial charge in [0.15, 0.2) is 0 Å². The van der Waals surface area contributed by atoms with E-state index in [-0.39, 0.29) is 5.97 Å². The van der Waals surface area contributed by atoms with Gasteiger partial charge < -0.3 is 18.0 Å². The quantitative estimate of drug-likeness (QED) is 0.509. The monoisotopic (exact) mass is 340 g/mol. The maximum Gasteiger partial charge on any atom is 0.498 e. The Morgan fingerprint density at radius 1 is 1.17 bits per heavy atom. The molecule has 2 atom stereocenters. The first-order valence-corrected chi connectivity index (χ1v) is 10.2. The molecule has 0 aliphatic rings. The van der Waals surface area contributed by atoms with Gasteiger partial charge >= 0.3 is 14.8 Å². The lowest BCUT2D eigenvalue weighted by Gasteiger charge is -2.40. The largest absolute Gasteiger partial charge is 0.498 e. The number of rotatable bonds is 9. The Kier molecular flexibility index (Phi) is 7.40. The van der Waals surface area contributed by atoms with Crippen molar-refractivity contribution in [2.75, 3.05) is 20.3 Å². The van der Waals surface area contributed by atoms with Crippen LogP contribution in [0.5, 0.6) is 0 Å². The Balaban J connectivity index is 3.26. The molecule has 0 N–H and O–H groups in total. The van der Waals surface area contributed by atoms with Gasteiger partial charge in [-0.3, -0.25) is 4.79 Å². The minimum atomic E-state index is -2.90. The second-order valence-corrected chi connectivity index (χ2v) is 8.05. The van der Waals surface area contributed by atoms with Crippen LogP contribution in [0.3, 0.4) is 0 Å². The molecule has 0 aliphatic heterocycles. The van der Waals surface area contributed by atoms with Gasteiger partial charge in [-0.05, 0) is 33.3 Å². The molecule has 1 aromatic carbocycles. The Morgan fingerprint density at radius 2 is 1.70 bits per heavy atom. The van der Waals surface area contributed by atoms with Crippen molar-refractivity contribution in [1.82, 2.24) is 0 Å². The standard InChI is InChI=1S/C17H28O5Si/c1-7-20-23(6,21-8-2)22-17(4,14(3)16(18)19-5)15-12-10-9-11-13-15/h9-14H,7-8H2,1-6H3/t14-,17?/m0/s1. The van der Waals surface area contributed by atoms with Gasteiger partial charge in [-0.15, -0.1) is 0 Å². The minimum Gasteiger partial charge on any atom is -0.469 e. The number of esters is 1. The highest BCUT2D eigenvalue weighted by atomic mass is 28.4. The van der Waals surface area contributed by atoms with Crippen molar-refractivity contribution in [3.63, 3.8) is 0 Å². The fraction of sp³-hybridized carbons (Fsp3) is 0.588. The van der Waals surface area contributed by atoms with Gasteiger partial charge in [-0.2, -0.15) is 0 Å². The van der Waals surface area contributed by atoms with Crippen molar-refractivity contribution >= 4 is 14.8 Å². The first kappa shape index (κ1) is 19.8. The summed E-state index contributed by atoms with van der Waals surface area (Å²) < 4.78 is 22.9. The first-order chi connectivity index (χ1) is 10.8. The fourth-order valence-corrected chi connectivity index (χ4v) is 4.89. The van der Waals surface area contributed by atoms with Crippen LogP contribution in [0.15, 0.2) is 30.3 Å². The smallest absolute Gasteiger partial charge is 0.469 e. The molecule has 1 aromatic rings. The maximum absolute atomic E-state index is 12.2. The summed E-state index contributed by atoms with van der Waals surface area (Å²) in [5.74, 6) is -0.844. The summed E-state index contributed by atoms with van der Waals surface area (Å²) >= 11 is 0. The predicted octanol–water partition coefficient (Wildman–Crippen LogP) is 3.37. The molecule has 0 aromatic heterocycles. The van der Waals surface area contributed by atoms with Crippen molar-refractivity contribution < 1.29 is 22.8 Å². The number of methoxy groups -OCH3 is 1. The van der Waals surface area contributed by atoms with E-state index >= 15 is 0 Å². The summed E-state index contributed by atoms with van der Waals surface area (Å²) in [6, 6.07) is 9.63. The van der Waals surface area contributed by atoms with Gasteiger partial charge in [0.2, 0.25) is 0 Å². The van der Waals surface area contributed by atoms with E-state index in [1.165, 1.54) is 7.11 Å². The van der Waals surface area contributed by atoms with Crippen molar-refractivity contribution in [2.24, 2.45) is 5.92 Å². The van der Waals surface area contributed by atoms with Crippen LogP contribution in [-0.2, 0) is 28.4 Å². The number of hydrogen-bond acceptors (Lipinski definition) is 5. The van der Waals surface area contributed by atoms with E-state index in [1.807, 2.05) is 57.7 Å². The Bertz CT molecular complexity index is 487. The summed E-state index contributed by atoms with van der Waals surface area (Å²) in [6.07, 6.45) is 0. The second kappa shape index (κ2) is 8.59. The van der Waals surface area contributed by atoms with Crippen LogP contribution in [0.4, 0.5) is 0 Å². The third-order valence-corrected chi connectivity index (χ3v) is 6.36. The van der Waals surface area contributed by atoms with Crippen molar-refractivity contribution in [3.05, 3.63) is 35.9 Å². The molecule has 0 spiro atoms. The normalized spacial score (nSPS) is 15.7. The Morgan fingerprint density at radius 3 is 2.13 bits per heavy atom.